The molecule has 0 radical (unpaired) electrons. The van der Waals surface area contributed by atoms with Crippen LogP contribution in [0.2, 0.25) is 0 Å². The topological polar surface area (TPSA) is 54.0 Å². The normalized spacial score (nSPS) is 21.8. The molecule has 1 aromatic rings. The van der Waals surface area contributed by atoms with Crippen molar-refractivity contribution in [1.29, 1.82) is 0 Å². The molecule has 5 heteroatoms. The minimum absolute atomic E-state index is 0. The molecule has 1 saturated heterocycles. The van der Waals surface area contributed by atoms with Crippen molar-refractivity contribution in [2.45, 2.75) is 70.9 Å². The van der Waals surface area contributed by atoms with E-state index in [-0.39, 0.29) is 27.1 Å². The predicted molar refractivity (Wildman–Crippen MR) is 111 cm³/mol. The van der Waals surface area contributed by atoms with E-state index in [4.69, 9.17) is 5.73 Å². The van der Waals surface area contributed by atoms with Crippen LogP contribution in [0, 0.1) is 11.8 Å². The maximum atomic E-state index is 7.90. The fourth-order valence-corrected chi connectivity index (χ4v) is 4.26. The fourth-order valence-electron chi connectivity index (χ4n) is 4.26. The summed E-state index contributed by atoms with van der Waals surface area (Å²) in [5.74, 6) is 1.75. The molecule has 4 nitrogen and oxygen atoms in total. The van der Waals surface area contributed by atoms with Gasteiger partial charge in [0.2, 0.25) is 0 Å². The smallest absolute Gasteiger partial charge is 0.676 e. The third-order valence-electron chi connectivity index (χ3n) is 5.80. The van der Waals surface area contributed by atoms with Crippen LogP contribution in [0.4, 0.5) is 0 Å². The number of likely N-dealkylation sites (tertiary alicyclic amines) is 1. The van der Waals surface area contributed by atoms with Crippen molar-refractivity contribution in [3.05, 3.63) is 41.1 Å². The summed E-state index contributed by atoms with van der Waals surface area (Å²) in [6.45, 7) is 6.18. The third kappa shape index (κ3) is 10.2. The molecule has 2 atom stereocenters. The van der Waals surface area contributed by atoms with Gasteiger partial charge in [-0.3, -0.25) is 9.88 Å². The molecule has 1 saturated carbocycles. The molecule has 2 unspecified atom stereocenters. The minimum Gasteiger partial charge on any atom is -0.676 e. The van der Waals surface area contributed by atoms with Crippen molar-refractivity contribution in [3.8, 4) is 0 Å². The van der Waals surface area contributed by atoms with Crippen molar-refractivity contribution in [2.24, 2.45) is 11.8 Å². The van der Waals surface area contributed by atoms with Crippen molar-refractivity contribution in [1.82, 2.24) is 9.88 Å². The molecular weight excluding hydrogens is 504 g/mol. The molecule has 0 aromatic carbocycles. The zero-order chi connectivity index (χ0) is 18.6. The second kappa shape index (κ2) is 14.7. The summed E-state index contributed by atoms with van der Waals surface area (Å²) in [5.41, 5.74) is 9.04. The van der Waals surface area contributed by atoms with Gasteiger partial charge < -0.3 is 11.1 Å². The van der Waals surface area contributed by atoms with Gasteiger partial charge in [-0.25, -0.2) is 0 Å². The number of aromatic nitrogens is 1. The SMILES string of the molecule is CCC1CCCCC1.C[N-]CC([NH-])CC1CCN(Cc2ccccn2)C1.[W+2]. The monoisotopic (exact) mass is 542 g/mol. The molecule has 1 N–H and O–H groups in total. The average Bonchev–Trinajstić information content (AvgIpc) is 3.10. The van der Waals surface area contributed by atoms with Crippen LogP contribution in [0.15, 0.2) is 24.4 Å². The van der Waals surface area contributed by atoms with Crippen LogP contribution in [-0.4, -0.2) is 42.6 Å². The van der Waals surface area contributed by atoms with E-state index in [0.29, 0.717) is 12.5 Å². The van der Waals surface area contributed by atoms with Gasteiger partial charge in [0.25, 0.3) is 0 Å². The van der Waals surface area contributed by atoms with Crippen molar-refractivity contribution < 1.29 is 21.1 Å². The van der Waals surface area contributed by atoms with E-state index in [0.717, 1.165) is 37.7 Å². The first-order valence-electron chi connectivity index (χ1n) is 10.6. The van der Waals surface area contributed by atoms with Crippen LogP contribution in [0.1, 0.15) is 64.0 Å². The van der Waals surface area contributed by atoms with E-state index in [2.05, 4.69) is 28.2 Å². The predicted octanol–water partition coefficient (Wildman–Crippen LogP) is 5.69. The van der Waals surface area contributed by atoms with Gasteiger partial charge >= 0.3 is 21.1 Å². The van der Waals surface area contributed by atoms with Gasteiger partial charge in [0, 0.05) is 19.3 Å². The molecule has 1 aliphatic heterocycles. The van der Waals surface area contributed by atoms with E-state index >= 15 is 0 Å². The Morgan fingerprint density at radius 1 is 1.19 bits per heavy atom. The quantitative estimate of drug-likeness (QED) is 0.445. The molecule has 27 heavy (non-hydrogen) atoms. The Labute approximate surface area is 181 Å². The fraction of sp³-hybridized carbons (Fsp3) is 0.773. The zero-order valence-corrected chi connectivity index (χ0v) is 20.2. The van der Waals surface area contributed by atoms with E-state index in [1.165, 1.54) is 44.9 Å². The third-order valence-corrected chi connectivity index (χ3v) is 5.80. The number of nitrogens with one attached hydrogen (secondary N) is 1. The van der Waals surface area contributed by atoms with Gasteiger partial charge in [0.05, 0.1) is 5.69 Å². The number of pyridine rings is 1. The minimum atomic E-state index is -0.0187. The Hall–Kier alpha value is -0.282. The standard InChI is InChI=1S/C14H22N4.C8H16.W/c1-16-9-13(15)8-12-5-7-18(10-12)11-14-4-2-3-6-17-14;1-2-8-6-4-3-5-7-8;/h2-4,6,12-13,15H,5,7-11H2,1H3;8H,2-7H2,1H3;/q-2;;+2. The van der Waals surface area contributed by atoms with E-state index < -0.39 is 0 Å². The van der Waals surface area contributed by atoms with Gasteiger partial charge in [-0.15, -0.1) is 0 Å². The molecule has 1 aliphatic carbocycles. The van der Waals surface area contributed by atoms with Gasteiger partial charge in [-0.1, -0.05) is 57.9 Å². The molecule has 0 amide bonds. The first-order chi connectivity index (χ1) is 12.7. The summed E-state index contributed by atoms with van der Waals surface area (Å²) in [7, 11) is 1.80. The molecule has 0 bridgehead atoms. The second-order valence-corrected chi connectivity index (χ2v) is 8.05. The number of likely N-dealkylation sites (N-methyl/N-ethyl adjacent to an activating group) is 1. The van der Waals surface area contributed by atoms with Crippen LogP contribution >= 0.6 is 0 Å². The number of nitrogens with zero attached hydrogens (tertiary/aromatic N) is 3. The van der Waals surface area contributed by atoms with Gasteiger partial charge in [-0.05, 0) is 36.9 Å². The van der Waals surface area contributed by atoms with Crippen molar-refractivity contribution in [2.75, 3.05) is 26.7 Å². The molecule has 0 spiro atoms. The second-order valence-electron chi connectivity index (χ2n) is 8.05. The van der Waals surface area contributed by atoms with E-state index in [1.807, 2.05) is 18.3 Å². The van der Waals surface area contributed by atoms with Crippen LogP contribution < -0.4 is 0 Å². The summed E-state index contributed by atoms with van der Waals surface area (Å²) in [6.07, 6.45) is 13.0. The van der Waals surface area contributed by atoms with Gasteiger partial charge in [0.15, 0.2) is 0 Å². The molecule has 3 rings (SSSR count). The Kier molecular flexibility index (Phi) is 13.5. The number of hydrogen-bond donors (Lipinski definition) is 0. The zero-order valence-electron chi connectivity index (χ0n) is 17.3. The Balaban J connectivity index is 0.000000342. The summed E-state index contributed by atoms with van der Waals surface area (Å²) >= 11 is 0. The Bertz CT molecular complexity index is 465. The van der Waals surface area contributed by atoms with Crippen LogP contribution in [0.3, 0.4) is 0 Å². The van der Waals surface area contributed by atoms with Crippen LogP contribution in [0.25, 0.3) is 11.1 Å². The first kappa shape index (κ1) is 24.8. The summed E-state index contributed by atoms with van der Waals surface area (Å²) < 4.78 is 0. The molecule has 1 aromatic heterocycles. The summed E-state index contributed by atoms with van der Waals surface area (Å²) in [5, 5.41) is 4.05. The molecular formula is C22H38N4W. The maximum absolute atomic E-state index is 7.90. The van der Waals surface area contributed by atoms with Crippen LogP contribution in [-0.2, 0) is 27.6 Å². The molecule has 2 heterocycles. The Morgan fingerprint density at radius 2 is 1.96 bits per heavy atom. The molecule has 2 fully saturated rings. The van der Waals surface area contributed by atoms with Gasteiger partial charge in [0.1, 0.15) is 0 Å². The summed E-state index contributed by atoms with van der Waals surface area (Å²) in [6, 6.07) is 6.05. The van der Waals surface area contributed by atoms with E-state index in [1.54, 1.807) is 7.05 Å². The maximum Gasteiger partial charge on any atom is 2.00 e. The first-order valence-corrected chi connectivity index (χ1v) is 10.6. The number of rotatable bonds is 7. The van der Waals surface area contributed by atoms with Crippen molar-refractivity contribution in [3.63, 3.8) is 0 Å². The average molecular weight is 542 g/mol. The largest absolute Gasteiger partial charge is 2.00 e. The van der Waals surface area contributed by atoms with Gasteiger partial charge in [-0.2, -0.15) is 19.6 Å². The number of hydrogen-bond acceptors (Lipinski definition) is 2. The Morgan fingerprint density at radius 3 is 2.56 bits per heavy atom. The van der Waals surface area contributed by atoms with E-state index in [9.17, 15) is 0 Å². The molecule has 2 aliphatic rings. The van der Waals surface area contributed by atoms with Crippen LogP contribution in [0.5, 0.6) is 0 Å². The molecule has 152 valence electrons. The van der Waals surface area contributed by atoms with Crippen molar-refractivity contribution >= 4 is 0 Å². The summed E-state index contributed by atoms with van der Waals surface area (Å²) in [4.78, 5) is 6.81.